The molecular formula is C13H8BrCl2FN2O3. The van der Waals surface area contributed by atoms with Crippen LogP contribution in [0.1, 0.15) is 18.6 Å². The van der Waals surface area contributed by atoms with E-state index in [0.29, 0.717) is 4.47 Å². The highest BCUT2D eigenvalue weighted by molar-refractivity contribution is 9.10. The molecule has 0 saturated carbocycles. The van der Waals surface area contributed by atoms with Crippen LogP contribution in [0.25, 0.3) is 0 Å². The number of nitro groups is 1. The zero-order chi connectivity index (χ0) is 16.4. The van der Waals surface area contributed by atoms with E-state index in [-0.39, 0.29) is 21.4 Å². The lowest BCUT2D eigenvalue weighted by Crippen LogP contribution is -2.08. The summed E-state index contributed by atoms with van der Waals surface area (Å²) in [6.45, 7) is 1.55. The summed E-state index contributed by atoms with van der Waals surface area (Å²) in [4.78, 5) is 14.0. The number of pyridine rings is 1. The average Bonchev–Trinajstić information content (AvgIpc) is 2.43. The van der Waals surface area contributed by atoms with Crippen molar-refractivity contribution < 1.29 is 14.1 Å². The SMILES string of the molecule is CC(Oc1cc(Br)cnc1[N+](=O)[O-])c1c(Cl)ccc(F)c1Cl. The Bertz CT molecular complexity index is 745. The first kappa shape index (κ1) is 16.9. The third-order valence-electron chi connectivity index (χ3n) is 2.76. The molecule has 0 amide bonds. The van der Waals surface area contributed by atoms with Gasteiger partial charge in [0.25, 0.3) is 0 Å². The summed E-state index contributed by atoms with van der Waals surface area (Å²) in [5.74, 6) is -1.19. The summed E-state index contributed by atoms with van der Waals surface area (Å²) in [5, 5.41) is 11.0. The van der Waals surface area contributed by atoms with Gasteiger partial charge in [0, 0.05) is 16.7 Å². The molecule has 0 fully saturated rings. The molecule has 0 aliphatic heterocycles. The van der Waals surface area contributed by atoms with Crippen LogP contribution >= 0.6 is 39.1 Å². The van der Waals surface area contributed by atoms with Crippen molar-refractivity contribution in [1.82, 2.24) is 4.98 Å². The van der Waals surface area contributed by atoms with Crippen LogP contribution in [-0.4, -0.2) is 9.91 Å². The van der Waals surface area contributed by atoms with Crippen LogP contribution in [0.5, 0.6) is 5.75 Å². The number of hydrogen-bond acceptors (Lipinski definition) is 4. The summed E-state index contributed by atoms with van der Waals surface area (Å²) < 4.78 is 19.6. The Balaban J connectivity index is 2.42. The van der Waals surface area contributed by atoms with E-state index in [1.165, 1.54) is 18.3 Å². The Hall–Kier alpha value is -1.44. The zero-order valence-corrected chi connectivity index (χ0v) is 14.1. The highest BCUT2D eigenvalue weighted by atomic mass is 79.9. The van der Waals surface area contributed by atoms with Crippen molar-refractivity contribution in [2.75, 3.05) is 0 Å². The fourth-order valence-corrected chi connectivity index (χ4v) is 2.79. The van der Waals surface area contributed by atoms with Crippen LogP contribution < -0.4 is 4.74 Å². The molecule has 0 spiro atoms. The number of hydrogen-bond donors (Lipinski definition) is 0. The van der Waals surface area contributed by atoms with E-state index >= 15 is 0 Å². The molecule has 22 heavy (non-hydrogen) atoms. The Morgan fingerprint density at radius 2 is 2.14 bits per heavy atom. The van der Waals surface area contributed by atoms with Gasteiger partial charge in [0.1, 0.15) is 11.9 Å². The summed E-state index contributed by atoms with van der Waals surface area (Å²) >= 11 is 15.1. The molecule has 1 atom stereocenters. The molecule has 2 aromatic rings. The second kappa shape index (κ2) is 6.76. The minimum Gasteiger partial charge on any atom is -0.478 e. The average molecular weight is 410 g/mol. The maximum atomic E-state index is 13.6. The first-order valence-corrected chi connectivity index (χ1v) is 7.46. The Kier molecular flexibility index (Phi) is 5.20. The molecule has 1 heterocycles. The highest BCUT2D eigenvalue weighted by Gasteiger charge is 2.23. The minimum absolute atomic E-state index is 0.0803. The van der Waals surface area contributed by atoms with Crippen LogP contribution in [0.2, 0.25) is 10.0 Å². The maximum absolute atomic E-state index is 13.6. The molecule has 0 radical (unpaired) electrons. The molecule has 0 saturated heterocycles. The maximum Gasteiger partial charge on any atom is 0.406 e. The number of halogens is 4. The molecule has 1 aromatic carbocycles. The van der Waals surface area contributed by atoms with Crippen molar-refractivity contribution in [2.24, 2.45) is 0 Å². The van der Waals surface area contributed by atoms with E-state index in [1.807, 2.05) is 0 Å². The molecule has 1 aromatic heterocycles. The quantitative estimate of drug-likeness (QED) is 0.388. The molecule has 5 nitrogen and oxygen atoms in total. The third-order valence-corrected chi connectivity index (χ3v) is 3.91. The van der Waals surface area contributed by atoms with Crippen molar-refractivity contribution in [3.05, 3.63) is 60.4 Å². The van der Waals surface area contributed by atoms with Crippen molar-refractivity contribution in [1.29, 1.82) is 0 Å². The van der Waals surface area contributed by atoms with E-state index in [1.54, 1.807) is 6.92 Å². The topological polar surface area (TPSA) is 65.3 Å². The molecule has 2 rings (SSSR count). The van der Waals surface area contributed by atoms with Gasteiger partial charge in [0.2, 0.25) is 5.75 Å². The lowest BCUT2D eigenvalue weighted by molar-refractivity contribution is -0.390. The molecule has 116 valence electrons. The molecule has 0 aliphatic carbocycles. The zero-order valence-electron chi connectivity index (χ0n) is 11.0. The van der Waals surface area contributed by atoms with E-state index in [9.17, 15) is 14.5 Å². The first-order valence-electron chi connectivity index (χ1n) is 5.91. The van der Waals surface area contributed by atoms with E-state index in [4.69, 9.17) is 27.9 Å². The normalized spacial score (nSPS) is 12.0. The van der Waals surface area contributed by atoms with Crippen LogP contribution in [-0.2, 0) is 0 Å². The molecule has 0 aliphatic rings. The molecular weight excluding hydrogens is 402 g/mol. The largest absolute Gasteiger partial charge is 0.478 e. The fraction of sp³-hybridized carbons (Fsp3) is 0.154. The molecule has 1 unspecified atom stereocenters. The number of benzene rings is 1. The summed E-state index contributed by atoms with van der Waals surface area (Å²) in [6.07, 6.45) is 0.461. The predicted molar refractivity (Wildman–Crippen MR) is 84.1 cm³/mol. The van der Waals surface area contributed by atoms with E-state index in [0.717, 1.165) is 6.07 Å². The van der Waals surface area contributed by atoms with E-state index in [2.05, 4.69) is 20.9 Å². The Labute approximate surface area is 143 Å². The number of ether oxygens (including phenoxy) is 1. The van der Waals surface area contributed by atoms with Crippen molar-refractivity contribution in [3.8, 4) is 5.75 Å². The van der Waals surface area contributed by atoms with Crippen LogP contribution in [0.4, 0.5) is 10.2 Å². The smallest absolute Gasteiger partial charge is 0.406 e. The third kappa shape index (κ3) is 3.48. The van der Waals surface area contributed by atoms with Crippen molar-refractivity contribution >= 4 is 44.9 Å². The van der Waals surface area contributed by atoms with Crippen LogP contribution in [0, 0.1) is 15.9 Å². The molecule has 9 heteroatoms. The molecule has 0 N–H and O–H groups in total. The highest BCUT2D eigenvalue weighted by Crippen LogP contribution is 2.37. The van der Waals surface area contributed by atoms with Gasteiger partial charge in [-0.25, -0.2) is 4.39 Å². The van der Waals surface area contributed by atoms with Gasteiger partial charge >= 0.3 is 5.82 Å². The Morgan fingerprint density at radius 3 is 2.77 bits per heavy atom. The van der Waals surface area contributed by atoms with Gasteiger partial charge in [-0.1, -0.05) is 23.2 Å². The lowest BCUT2D eigenvalue weighted by Gasteiger charge is -2.17. The number of aromatic nitrogens is 1. The second-order valence-electron chi connectivity index (χ2n) is 4.25. The molecule has 0 bridgehead atoms. The van der Waals surface area contributed by atoms with Gasteiger partial charge in [-0.2, -0.15) is 0 Å². The lowest BCUT2D eigenvalue weighted by atomic mass is 10.1. The van der Waals surface area contributed by atoms with Gasteiger partial charge in [-0.3, -0.25) is 0 Å². The van der Waals surface area contributed by atoms with Gasteiger partial charge in [0.05, 0.1) is 9.50 Å². The van der Waals surface area contributed by atoms with Crippen molar-refractivity contribution in [3.63, 3.8) is 0 Å². The number of rotatable bonds is 4. The van der Waals surface area contributed by atoms with Gasteiger partial charge in [-0.15, -0.1) is 0 Å². The standard InChI is InChI=1S/C13H8BrCl2FN2O3/c1-6(11-8(15)2-3-9(17)12(11)16)22-10-4-7(14)5-18-13(10)19(20)21/h2-6H,1H3. The van der Waals surface area contributed by atoms with Crippen molar-refractivity contribution in [2.45, 2.75) is 13.0 Å². The van der Waals surface area contributed by atoms with Crippen LogP contribution in [0.15, 0.2) is 28.9 Å². The Morgan fingerprint density at radius 1 is 1.45 bits per heavy atom. The van der Waals surface area contributed by atoms with Crippen LogP contribution in [0.3, 0.4) is 0 Å². The summed E-state index contributed by atoms with van der Waals surface area (Å²) in [5.41, 5.74) is 0.206. The van der Waals surface area contributed by atoms with Gasteiger partial charge in [-0.05, 0) is 44.9 Å². The minimum atomic E-state index is -0.814. The summed E-state index contributed by atoms with van der Waals surface area (Å²) in [6, 6.07) is 3.86. The first-order chi connectivity index (χ1) is 10.3. The fourth-order valence-electron chi connectivity index (χ4n) is 1.80. The number of nitrogens with zero attached hydrogens (tertiary/aromatic N) is 2. The van der Waals surface area contributed by atoms with Gasteiger partial charge < -0.3 is 14.9 Å². The summed E-state index contributed by atoms with van der Waals surface area (Å²) in [7, 11) is 0. The van der Waals surface area contributed by atoms with Gasteiger partial charge in [0.15, 0.2) is 6.20 Å². The monoisotopic (exact) mass is 408 g/mol. The van der Waals surface area contributed by atoms with E-state index < -0.39 is 22.7 Å². The predicted octanol–water partition coefficient (Wildman–Crippen LogP) is 5.34. The second-order valence-corrected chi connectivity index (χ2v) is 5.95.